The van der Waals surface area contributed by atoms with Crippen molar-refractivity contribution in [3.63, 3.8) is 0 Å². The Labute approximate surface area is 95.2 Å². The fourth-order valence-corrected chi connectivity index (χ4v) is 1.62. The maximum atomic E-state index is 5.86. The molecule has 0 atom stereocenters. The number of aromatic nitrogens is 1. The Morgan fingerprint density at radius 2 is 2.19 bits per heavy atom. The molecule has 0 saturated carbocycles. The van der Waals surface area contributed by atoms with Crippen molar-refractivity contribution < 1.29 is 4.74 Å². The third kappa shape index (κ3) is 2.08. The average Bonchev–Trinajstić information content (AvgIpc) is 2.33. The number of pyridine rings is 1. The van der Waals surface area contributed by atoms with Crippen LogP contribution in [0.15, 0.2) is 30.5 Å². The maximum Gasteiger partial charge on any atom is 0.128 e. The number of ether oxygens (including phenoxy) is 1. The van der Waals surface area contributed by atoms with Crippen molar-refractivity contribution in [2.45, 2.75) is 19.8 Å². The van der Waals surface area contributed by atoms with Crippen LogP contribution < -0.4 is 10.5 Å². The zero-order valence-electron chi connectivity index (χ0n) is 9.44. The Hall–Kier alpha value is -1.77. The van der Waals surface area contributed by atoms with E-state index in [2.05, 4.69) is 11.9 Å². The van der Waals surface area contributed by atoms with E-state index in [4.69, 9.17) is 10.5 Å². The fourth-order valence-electron chi connectivity index (χ4n) is 1.62. The summed E-state index contributed by atoms with van der Waals surface area (Å²) in [6.45, 7) is 2.89. The van der Waals surface area contributed by atoms with Crippen LogP contribution in [0.25, 0.3) is 10.9 Å². The van der Waals surface area contributed by atoms with Gasteiger partial charge in [-0.2, -0.15) is 0 Å². The van der Waals surface area contributed by atoms with E-state index in [9.17, 15) is 0 Å². The summed E-state index contributed by atoms with van der Waals surface area (Å²) < 4.78 is 5.72. The number of benzene rings is 1. The molecule has 16 heavy (non-hydrogen) atoms. The maximum absolute atomic E-state index is 5.86. The van der Waals surface area contributed by atoms with E-state index in [0.29, 0.717) is 5.69 Å². The van der Waals surface area contributed by atoms with Crippen molar-refractivity contribution in [1.82, 2.24) is 4.98 Å². The minimum atomic E-state index is 0.693. The van der Waals surface area contributed by atoms with E-state index < -0.39 is 0 Å². The Kier molecular flexibility index (Phi) is 3.25. The quantitative estimate of drug-likeness (QED) is 0.631. The number of nitrogens with zero attached hydrogens (tertiary/aromatic N) is 1. The molecule has 0 saturated heterocycles. The van der Waals surface area contributed by atoms with Gasteiger partial charge in [0.05, 0.1) is 17.8 Å². The number of nitrogen functional groups attached to an aromatic ring is 1. The molecule has 84 valence electrons. The highest BCUT2D eigenvalue weighted by Crippen LogP contribution is 2.28. The standard InChI is InChI=1S/C13H16N2O/c1-2-3-9-16-12-7-6-11(14)13-10(12)5-4-8-15-13/h4-8H,2-3,9,14H2,1H3. The molecule has 0 fully saturated rings. The van der Waals surface area contributed by atoms with E-state index in [-0.39, 0.29) is 0 Å². The molecule has 0 aliphatic rings. The van der Waals surface area contributed by atoms with Crippen molar-refractivity contribution in [2.75, 3.05) is 12.3 Å². The largest absolute Gasteiger partial charge is 0.493 e. The first-order valence-electron chi connectivity index (χ1n) is 5.59. The second kappa shape index (κ2) is 4.84. The summed E-state index contributed by atoms with van der Waals surface area (Å²) >= 11 is 0. The van der Waals surface area contributed by atoms with Crippen molar-refractivity contribution in [3.05, 3.63) is 30.5 Å². The lowest BCUT2D eigenvalue weighted by molar-refractivity contribution is 0.313. The lowest BCUT2D eigenvalue weighted by Gasteiger charge is -2.09. The zero-order chi connectivity index (χ0) is 11.4. The van der Waals surface area contributed by atoms with Crippen LogP contribution in [0.2, 0.25) is 0 Å². The van der Waals surface area contributed by atoms with Gasteiger partial charge in [-0.3, -0.25) is 4.98 Å². The van der Waals surface area contributed by atoms with Gasteiger partial charge in [-0.05, 0) is 30.7 Å². The molecule has 0 bridgehead atoms. The lowest BCUT2D eigenvalue weighted by Crippen LogP contribution is -1.98. The summed E-state index contributed by atoms with van der Waals surface area (Å²) in [6, 6.07) is 7.64. The Balaban J connectivity index is 2.35. The highest BCUT2D eigenvalue weighted by Gasteiger charge is 2.05. The number of anilines is 1. The number of hydrogen-bond donors (Lipinski definition) is 1. The van der Waals surface area contributed by atoms with Gasteiger partial charge in [-0.1, -0.05) is 13.3 Å². The Morgan fingerprint density at radius 1 is 1.31 bits per heavy atom. The third-order valence-electron chi connectivity index (χ3n) is 2.52. The predicted octanol–water partition coefficient (Wildman–Crippen LogP) is 3.00. The number of fused-ring (bicyclic) bond motifs is 1. The molecular formula is C13H16N2O. The molecule has 1 heterocycles. The van der Waals surface area contributed by atoms with Crippen LogP contribution in [0, 0.1) is 0 Å². The molecule has 0 amide bonds. The average molecular weight is 216 g/mol. The Morgan fingerprint density at radius 3 is 3.00 bits per heavy atom. The van der Waals surface area contributed by atoms with Crippen molar-refractivity contribution in [2.24, 2.45) is 0 Å². The lowest BCUT2D eigenvalue weighted by atomic mass is 10.2. The summed E-state index contributed by atoms with van der Waals surface area (Å²) in [4.78, 5) is 4.26. The number of nitrogens with two attached hydrogens (primary N) is 1. The molecule has 2 N–H and O–H groups in total. The van der Waals surface area contributed by atoms with Crippen LogP contribution in [0.5, 0.6) is 5.75 Å². The second-order valence-corrected chi connectivity index (χ2v) is 3.75. The molecule has 2 rings (SSSR count). The molecule has 3 heteroatoms. The highest BCUT2D eigenvalue weighted by atomic mass is 16.5. The molecule has 0 spiro atoms. The molecule has 1 aromatic carbocycles. The van der Waals surface area contributed by atoms with Crippen LogP contribution >= 0.6 is 0 Å². The fraction of sp³-hybridized carbons (Fsp3) is 0.308. The highest BCUT2D eigenvalue weighted by molar-refractivity contribution is 5.93. The van der Waals surface area contributed by atoms with Crippen molar-refractivity contribution in [3.8, 4) is 5.75 Å². The van der Waals surface area contributed by atoms with Gasteiger partial charge in [0.15, 0.2) is 0 Å². The number of hydrogen-bond acceptors (Lipinski definition) is 3. The minimum Gasteiger partial charge on any atom is -0.493 e. The van der Waals surface area contributed by atoms with Gasteiger partial charge in [0, 0.05) is 11.6 Å². The van der Waals surface area contributed by atoms with Gasteiger partial charge in [0.1, 0.15) is 5.75 Å². The number of unbranched alkanes of at least 4 members (excludes halogenated alkanes) is 1. The van der Waals surface area contributed by atoms with Gasteiger partial charge in [0.2, 0.25) is 0 Å². The molecule has 0 aliphatic heterocycles. The van der Waals surface area contributed by atoms with E-state index in [0.717, 1.165) is 36.1 Å². The van der Waals surface area contributed by atoms with Crippen molar-refractivity contribution in [1.29, 1.82) is 0 Å². The summed E-state index contributed by atoms with van der Waals surface area (Å²) in [7, 11) is 0. The SMILES string of the molecule is CCCCOc1ccc(N)c2ncccc12. The van der Waals surface area contributed by atoms with Gasteiger partial charge < -0.3 is 10.5 Å². The molecule has 0 aliphatic carbocycles. The van der Waals surface area contributed by atoms with Gasteiger partial charge in [0.25, 0.3) is 0 Å². The first kappa shape index (κ1) is 10.7. The molecule has 2 aromatic rings. The summed E-state index contributed by atoms with van der Waals surface area (Å²) in [6.07, 6.45) is 3.94. The zero-order valence-corrected chi connectivity index (χ0v) is 9.44. The second-order valence-electron chi connectivity index (χ2n) is 3.75. The van der Waals surface area contributed by atoms with E-state index in [1.165, 1.54) is 0 Å². The Bertz CT molecular complexity index is 482. The van der Waals surface area contributed by atoms with E-state index >= 15 is 0 Å². The summed E-state index contributed by atoms with van der Waals surface area (Å²) in [5.41, 5.74) is 7.37. The molecule has 1 aromatic heterocycles. The van der Waals surface area contributed by atoms with Gasteiger partial charge >= 0.3 is 0 Å². The summed E-state index contributed by atoms with van der Waals surface area (Å²) in [5, 5.41) is 0.985. The summed E-state index contributed by atoms with van der Waals surface area (Å²) in [5.74, 6) is 0.866. The molecule has 0 radical (unpaired) electrons. The van der Waals surface area contributed by atoms with Crippen LogP contribution in [0.4, 0.5) is 5.69 Å². The molecule has 3 nitrogen and oxygen atoms in total. The monoisotopic (exact) mass is 216 g/mol. The molecule has 0 unspecified atom stereocenters. The minimum absolute atomic E-state index is 0.693. The first-order chi connectivity index (χ1) is 7.83. The predicted molar refractivity (Wildman–Crippen MR) is 66.6 cm³/mol. The van der Waals surface area contributed by atoms with E-state index in [1.807, 2.05) is 24.3 Å². The number of rotatable bonds is 4. The van der Waals surface area contributed by atoms with E-state index in [1.54, 1.807) is 6.20 Å². The van der Waals surface area contributed by atoms with Crippen LogP contribution in [0.3, 0.4) is 0 Å². The van der Waals surface area contributed by atoms with Gasteiger partial charge in [-0.15, -0.1) is 0 Å². The normalized spacial score (nSPS) is 10.6. The van der Waals surface area contributed by atoms with Gasteiger partial charge in [-0.25, -0.2) is 0 Å². The first-order valence-corrected chi connectivity index (χ1v) is 5.59. The third-order valence-corrected chi connectivity index (χ3v) is 2.52. The molecular weight excluding hydrogens is 200 g/mol. The topological polar surface area (TPSA) is 48.1 Å². The van der Waals surface area contributed by atoms with Crippen LogP contribution in [-0.4, -0.2) is 11.6 Å². The van der Waals surface area contributed by atoms with Crippen molar-refractivity contribution >= 4 is 16.6 Å². The van der Waals surface area contributed by atoms with Crippen LogP contribution in [-0.2, 0) is 0 Å². The van der Waals surface area contributed by atoms with Crippen LogP contribution in [0.1, 0.15) is 19.8 Å². The smallest absolute Gasteiger partial charge is 0.128 e.